The summed E-state index contributed by atoms with van der Waals surface area (Å²) in [6, 6.07) is 3.28. The SMILES string of the molecule is CCOC(=O)c1sc(NC(=O)c2cn(CC)c3c(C)c(Cl)ccc3c2=O)nc1C. The summed E-state index contributed by atoms with van der Waals surface area (Å²) in [6.07, 6.45) is 1.52. The second kappa shape index (κ2) is 8.34. The highest BCUT2D eigenvalue weighted by molar-refractivity contribution is 7.17. The number of pyridine rings is 1. The van der Waals surface area contributed by atoms with Gasteiger partial charge in [-0.25, -0.2) is 9.78 Å². The van der Waals surface area contributed by atoms with E-state index in [2.05, 4.69) is 10.3 Å². The highest BCUT2D eigenvalue weighted by Crippen LogP contribution is 2.26. The van der Waals surface area contributed by atoms with Crippen molar-refractivity contribution in [1.82, 2.24) is 9.55 Å². The Balaban J connectivity index is 2.01. The lowest BCUT2D eigenvalue weighted by Gasteiger charge is -2.14. The first kappa shape index (κ1) is 21.0. The lowest BCUT2D eigenvalue weighted by Crippen LogP contribution is -2.24. The topological polar surface area (TPSA) is 90.3 Å². The van der Waals surface area contributed by atoms with Crippen molar-refractivity contribution in [2.75, 3.05) is 11.9 Å². The van der Waals surface area contributed by atoms with E-state index < -0.39 is 11.9 Å². The Bertz CT molecular complexity index is 1180. The first-order valence-electron chi connectivity index (χ1n) is 9.06. The number of carbonyl (C=O) groups is 2. The minimum atomic E-state index is -0.587. The maximum Gasteiger partial charge on any atom is 0.350 e. The lowest BCUT2D eigenvalue weighted by molar-refractivity contribution is 0.0531. The van der Waals surface area contributed by atoms with Crippen molar-refractivity contribution in [2.45, 2.75) is 34.2 Å². The average molecular weight is 434 g/mol. The Labute approximate surface area is 176 Å². The molecule has 0 aliphatic heterocycles. The second-order valence-corrected chi connectivity index (χ2v) is 7.74. The van der Waals surface area contributed by atoms with Crippen LogP contribution in [0.4, 0.5) is 5.13 Å². The lowest BCUT2D eigenvalue weighted by atomic mass is 10.1. The summed E-state index contributed by atoms with van der Waals surface area (Å²) in [6.45, 7) is 7.93. The second-order valence-electron chi connectivity index (χ2n) is 6.33. The van der Waals surface area contributed by atoms with Gasteiger partial charge < -0.3 is 9.30 Å². The van der Waals surface area contributed by atoms with E-state index in [9.17, 15) is 14.4 Å². The molecule has 0 aliphatic rings. The minimum absolute atomic E-state index is 0.00777. The molecule has 2 heterocycles. The molecule has 0 saturated carbocycles. The van der Waals surface area contributed by atoms with Crippen LogP contribution in [0.2, 0.25) is 5.02 Å². The van der Waals surface area contributed by atoms with Crippen LogP contribution in [0.1, 0.15) is 45.1 Å². The number of ether oxygens (including phenoxy) is 1. The summed E-state index contributed by atoms with van der Waals surface area (Å²) in [4.78, 5) is 42.2. The highest BCUT2D eigenvalue weighted by atomic mass is 35.5. The zero-order valence-electron chi connectivity index (χ0n) is 16.5. The third kappa shape index (κ3) is 3.90. The molecule has 0 aliphatic carbocycles. The van der Waals surface area contributed by atoms with E-state index in [-0.39, 0.29) is 22.7 Å². The van der Waals surface area contributed by atoms with Crippen LogP contribution in [0, 0.1) is 13.8 Å². The number of anilines is 1. The predicted molar refractivity (Wildman–Crippen MR) is 114 cm³/mol. The van der Waals surface area contributed by atoms with Gasteiger partial charge in [0.2, 0.25) is 5.43 Å². The van der Waals surface area contributed by atoms with Gasteiger partial charge in [-0.1, -0.05) is 22.9 Å². The molecule has 9 heteroatoms. The number of hydrogen-bond donors (Lipinski definition) is 1. The molecule has 0 unspecified atom stereocenters. The summed E-state index contributed by atoms with van der Waals surface area (Å²) in [7, 11) is 0. The van der Waals surface area contributed by atoms with Crippen LogP contribution in [-0.2, 0) is 11.3 Å². The Morgan fingerprint density at radius 1 is 1.28 bits per heavy atom. The Morgan fingerprint density at radius 2 is 2.00 bits per heavy atom. The average Bonchev–Trinajstić information content (AvgIpc) is 3.05. The predicted octanol–water partition coefficient (Wildman–Crippen LogP) is 4.18. The molecule has 1 amide bonds. The van der Waals surface area contributed by atoms with Crippen LogP contribution in [0.15, 0.2) is 23.1 Å². The number of carbonyl (C=O) groups excluding carboxylic acids is 2. The molecule has 0 bridgehead atoms. The van der Waals surface area contributed by atoms with Gasteiger partial charge in [-0.15, -0.1) is 0 Å². The molecule has 1 aromatic carbocycles. The van der Waals surface area contributed by atoms with Crippen molar-refractivity contribution >= 4 is 50.8 Å². The molecule has 152 valence electrons. The fraction of sp³-hybridized carbons (Fsp3) is 0.300. The molecule has 3 aromatic rings. The number of esters is 1. The fourth-order valence-corrected chi connectivity index (χ4v) is 4.07. The van der Waals surface area contributed by atoms with Crippen molar-refractivity contribution in [3.8, 4) is 0 Å². The number of thiazole rings is 1. The van der Waals surface area contributed by atoms with Gasteiger partial charge in [0.05, 0.1) is 17.8 Å². The molecule has 3 rings (SSSR count). The van der Waals surface area contributed by atoms with Crippen molar-refractivity contribution in [3.63, 3.8) is 0 Å². The highest BCUT2D eigenvalue weighted by Gasteiger charge is 2.21. The van der Waals surface area contributed by atoms with E-state index in [0.717, 1.165) is 16.9 Å². The summed E-state index contributed by atoms with van der Waals surface area (Å²) < 4.78 is 6.81. The summed E-state index contributed by atoms with van der Waals surface area (Å²) in [5.41, 5.74) is 1.55. The smallest absolute Gasteiger partial charge is 0.350 e. The number of aromatic nitrogens is 2. The number of halogens is 1. The number of fused-ring (bicyclic) bond motifs is 1. The molecule has 0 spiro atoms. The van der Waals surface area contributed by atoms with Gasteiger partial charge in [0.25, 0.3) is 5.91 Å². The van der Waals surface area contributed by atoms with Crippen molar-refractivity contribution in [1.29, 1.82) is 0 Å². The summed E-state index contributed by atoms with van der Waals surface area (Å²) in [5, 5.41) is 3.82. The van der Waals surface area contributed by atoms with Gasteiger partial charge in [0.1, 0.15) is 10.4 Å². The largest absolute Gasteiger partial charge is 0.462 e. The van der Waals surface area contributed by atoms with Crippen molar-refractivity contribution in [3.05, 3.63) is 55.3 Å². The van der Waals surface area contributed by atoms with E-state index >= 15 is 0 Å². The van der Waals surface area contributed by atoms with E-state index in [1.807, 2.05) is 18.4 Å². The van der Waals surface area contributed by atoms with Gasteiger partial charge in [0, 0.05) is 23.2 Å². The van der Waals surface area contributed by atoms with Gasteiger partial charge >= 0.3 is 5.97 Å². The van der Waals surface area contributed by atoms with Crippen LogP contribution in [0.3, 0.4) is 0 Å². The number of hydrogen-bond acceptors (Lipinski definition) is 6. The zero-order chi connectivity index (χ0) is 21.3. The van der Waals surface area contributed by atoms with E-state index in [4.69, 9.17) is 16.3 Å². The molecule has 0 fully saturated rings. The molecule has 1 N–H and O–H groups in total. The van der Waals surface area contributed by atoms with E-state index in [1.165, 1.54) is 6.20 Å². The van der Waals surface area contributed by atoms with Crippen LogP contribution in [0.5, 0.6) is 0 Å². The minimum Gasteiger partial charge on any atom is -0.462 e. The number of nitrogens with one attached hydrogen (secondary N) is 1. The molecule has 0 radical (unpaired) electrons. The number of aryl methyl sites for hydroxylation is 3. The van der Waals surface area contributed by atoms with E-state index in [0.29, 0.717) is 33.0 Å². The molecular weight excluding hydrogens is 414 g/mol. The molecule has 2 aromatic heterocycles. The zero-order valence-corrected chi connectivity index (χ0v) is 18.0. The quantitative estimate of drug-likeness (QED) is 0.609. The first-order valence-corrected chi connectivity index (χ1v) is 10.3. The molecule has 0 atom stereocenters. The summed E-state index contributed by atoms with van der Waals surface area (Å²) >= 11 is 7.21. The standard InChI is InChI=1S/C20H20ClN3O4S/c1-5-24-9-13(16(25)12-7-8-14(21)10(3)15(12)24)18(26)23-20-22-11(4)17(29-20)19(27)28-6-2/h7-9H,5-6H2,1-4H3,(H,22,23,26). The van der Waals surface area contributed by atoms with Gasteiger partial charge in [-0.2, -0.15) is 0 Å². The van der Waals surface area contributed by atoms with Gasteiger partial charge in [-0.3, -0.25) is 14.9 Å². The molecular formula is C20H20ClN3O4S. The van der Waals surface area contributed by atoms with E-state index in [1.54, 1.807) is 26.0 Å². The molecule has 0 saturated heterocycles. The number of nitrogens with zero attached hydrogens (tertiary/aromatic N) is 2. The number of amides is 1. The van der Waals surface area contributed by atoms with Crippen molar-refractivity contribution < 1.29 is 14.3 Å². The maximum absolute atomic E-state index is 12.9. The third-order valence-electron chi connectivity index (χ3n) is 4.49. The first-order chi connectivity index (χ1) is 13.8. The monoisotopic (exact) mass is 433 g/mol. The number of rotatable bonds is 5. The van der Waals surface area contributed by atoms with Crippen LogP contribution >= 0.6 is 22.9 Å². The maximum atomic E-state index is 12.9. The fourth-order valence-electron chi connectivity index (χ4n) is 3.06. The Hall–Kier alpha value is -2.71. The Morgan fingerprint density at radius 3 is 2.66 bits per heavy atom. The van der Waals surface area contributed by atoms with Gasteiger partial charge in [0.15, 0.2) is 5.13 Å². The van der Waals surface area contributed by atoms with Crippen molar-refractivity contribution in [2.24, 2.45) is 0 Å². The summed E-state index contributed by atoms with van der Waals surface area (Å²) in [5.74, 6) is -1.08. The Kier molecular flexibility index (Phi) is 6.04. The van der Waals surface area contributed by atoms with Crippen LogP contribution < -0.4 is 10.7 Å². The normalized spacial score (nSPS) is 10.9. The number of benzene rings is 1. The third-order valence-corrected chi connectivity index (χ3v) is 5.95. The van der Waals surface area contributed by atoms with Gasteiger partial charge in [-0.05, 0) is 45.4 Å². The van der Waals surface area contributed by atoms with Crippen LogP contribution in [0.25, 0.3) is 10.9 Å². The molecule has 7 nitrogen and oxygen atoms in total. The molecule has 29 heavy (non-hydrogen) atoms. The van der Waals surface area contributed by atoms with Crippen LogP contribution in [-0.4, -0.2) is 28.0 Å².